The third-order valence-corrected chi connectivity index (χ3v) is 11.6. The van der Waals surface area contributed by atoms with E-state index in [1.54, 1.807) is 24.3 Å². The number of rotatable bonds is 8. The molecule has 1 aliphatic heterocycles. The third-order valence-electron chi connectivity index (χ3n) is 11.6. The van der Waals surface area contributed by atoms with Crippen LogP contribution in [0.25, 0.3) is 27.9 Å². The van der Waals surface area contributed by atoms with E-state index >= 15 is 0 Å². The van der Waals surface area contributed by atoms with Crippen molar-refractivity contribution in [1.82, 2.24) is 10.3 Å². The smallest absolute Gasteiger partial charge is 0.312 e. The average molecular weight is 717 g/mol. The molecule has 266 valence electrons. The maximum absolute atomic E-state index is 14.5. The van der Waals surface area contributed by atoms with Gasteiger partial charge in [-0.3, -0.25) is 9.59 Å². The highest BCUT2D eigenvalue weighted by Crippen LogP contribution is 2.62. The number of nitrogens with zero attached hydrogens (tertiary/aromatic N) is 1. The highest BCUT2D eigenvalue weighted by atomic mass is 16.5. The van der Waals surface area contributed by atoms with Crippen molar-refractivity contribution in [2.24, 2.45) is 0 Å². The van der Waals surface area contributed by atoms with Crippen molar-refractivity contribution in [3.8, 4) is 22.8 Å². The molecule has 0 saturated heterocycles. The van der Waals surface area contributed by atoms with Crippen LogP contribution in [0, 0.1) is 0 Å². The molecule has 2 heterocycles. The van der Waals surface area contributed by atoms with E-state index in [0.717, 1.165) is 61.3 Å². The van der Waals surface area contributed by atoms with Crippen LogP contribution in [0.4, 0.5) is 0 Å². The van der Waals surface area contributed by atoms with Gasteiger partial charge in [-0.15, -0.1) is 0 Å². The van der Waals surface area contributed by atoms with Gasteiger partial charge in [0.25, 0.3) is 0 Å². The number of carbonyl (C=O) groups excluding carboxylic acids is 2. The van der Waals surface area contributed by atoms with Crippen LogP contribution in [-0.4, -0.2) is 23.0 Å². The minimum absolute atomic E-state index is 0.0119. The number of fused-ring (bicyclic) bond motifs is 7. The van der Waals surface area contributed by atoms with Gasteiger partial charge in [0, 0.05) is 33.0 Å². The monoisotopic (exact) mass is 716 g/mol. The SMILES string of the molecule is O=C(CC1(CC2(CC(=O)Oc3ccccc3)c3ccccc3-c3nc4ccccc4cc32)C2=C(NC3C=CC=CC3=C2)c2ccccc21)Oc1ccccc1. The van der Waals surface area contributed by atoms with Crippen LogP contribution >= 0.6 is 0 Å². The number of esters is 2. The zero-order valence-electron chi connectivity index (χ0n) is 29.9. The molecule has 1 aromatic heterocycles. The zero-order valence-corrected chi connectivity index (χ0v) is 29.9. The number of para-hydroxylation sites is 3. The Labute approximate surface area is 319 Å². The van der Waals surface area contributed by atoms with Gasteiger partial charge in [-0.1, -0.05) is 134 Å². The van der Waals surface area contributed by atoms with Gasteiger partial charge >= 0.3 is 11.9 Å². The van der Waals surface area contributed by atoms with Gasteiger partial charge in [0.1, 0.15) is 11.5 Å². The lowest BCUT2D eigenvalue weighted by molar-refractivity contribution is -0.135. The summed E-state index contributed by atoms with van der Waals surface area (Å²) in [5.74, 6) is 0.231. The lowest BCUT2D eigenvalue weighted by atomic mass is 9.59. The number of benzene rings is 5. The first kappa shape index (κ1) is 32.8. The summed E-state index contributed by atoms with van der Waals surface area (Å²) in [6.45, 7) is 0. The van der Waals surface area contributed by atoms with E-state index in [2.05, 4.69) is 66.0 Å². The lowest BCUT2D eigenvalue weighted by Gasteiger charge is -2.42. The number of nitrogens with one attached hydrogen (secondary N) is 1. The predicted octanol–water partition coefficient (Wildman–Crippen LogP) is 9.57. The minimum Gasteiger partial charge on any atom is -0.426 e. The molecule has 6 heteroatoms. The Morgan fingerprint density at radius 2 is 1.24 bits per heavy atom. The summed E-state index contributed by atoms with van der Waals surface area (Å²) in [5.41, 5.74) is 7.84. The molecule has 0 spiro atoms. The number of hydrogen-bond acceptors (Lipinski definition) is 6. The van der Waals surface area contributed by atoms with Crippen molar-refractivity contribution in [2.75, 3.05) is 0 Å². The number of allylic oxidation sites excluding steroid dienone is 4. The van der Waals surface area contributed by atoms with E-state index in [9.17, 15) is 9.59 Å². The standard InChI is InChI=1S/C49H36N2O4/c52-44(54-34-17-3-1-4-18-34)29-48(38-23-11-9-21-36(38)46-40(48)27-32-15-7-13-25-42(32)50-46)31-49(30-45(53)55-35-19-5-2-6-20-35)39-24-12-10-22-37(39)47-41(49)28-33-16-8-14-26-43(33)51-47/h1-28,42,50H,29-31H2. The maximum atomic E-state index is 14.5. The molecule has 0 bridgehead atoms. The van der Waals surface area contributed by atoms with Gasteiger partial charge in [-0.05, 0) is 70.7 Å². The third kappa shape index (κ3) is 5.44. The van der Waals surface area contributed by atoms with E-state index in [-0.39, 0.29) is 30.8 Å². The van der Waals surface area contributed by atoms with Crippen molar-refractivity contribution in [3.05, 3.63) is 203 Å². The normalized spacial score (nSPS) is 21.1. The van der Waals surface area contributed by atoms with Crippen molar-refractivity contribution in [1.29, 1.82) is 0 Å². The van der Waals surface area contributed by atoms with Crippen LogP contribution in [-0.2, 0) is 20.4 Å². The van der Waals surface area contributed by atoms with Crippen LogP contribution in [0.2, 0.25) is 0 Å². The molecule has 0 saturated carbocycles. The minimum atomic E-state index is -0.963. The maximum Gasteiger partial charge on any atom is 0.312 e. The summed E-state index contributed by atoms with van der Waals surface area (Å²) in [6.07, 6.45) is 11.0. The van der Waals surface area contributed by atoms with Gasteiger partial charge in [-0.25, -0.2) is 4.98 Å². The van der Waals surface area contributed by atoms with E-state index in [1.807, 2.05) is 84.9 Å². The molecule has 5 aromatic carbocycles. The fraction of sp³-hybridized carbons (Fsp3) is 0.122. The second kappa shape index (κ2) is 13.0. The zero-order chi connectivity index (χ0) is 37.0. The van der Waals surface area contributed by atoms with Crippen LogP contribution in [0.3, 0.4) is 0 Å². The van der Waals surface area contributed by atoms with Crippen LogP contribution < -0.4 is 14.8 Å². The topological polar surface area (TPSA) is 77.5 Å². The number of dihydropyridines is 1. The molecule has 10 rings (SSSR count). The van der Waals surface area contributed by atoms with Crippen LogP contribution in [0.5, 0.6) is 11.5 Å². The second-order valence-corrected chi connectivity index (χ2v) is 14.7. The molecule has 1 N–H and O–H groups in total. The highest BCUT2D eigenvalue weighted by molar-refractivity contribution is 5.92. The number of pyridine rings is 1. The number of aromatic nitrogens is 1. The number of ether oxygens (including phenoxy) is 2. The summed E-state index contributed by atoms with van der Waals surface area (Å²) >= 11 is 0. The Bertz CT molecular complexity index is 2660. The molecule has 3 atom stereocenters. The van der Waals surface area contributed by atoms with Crippen molar-refractivity contribution in [2.45, 2.75) is 36.1 Å². The molecule has 6 nitrogen and oxygen atoms in total. The van der Waals surface area contributed by atoms with Gasteiger partial charge in [0.15, 0.2) is 0 Å². The van der Waals surface area contributed by atoms with Gasteiger partial charge < -0.3 is 14.8 Å². The van der Waals surface area contributed by atoms with Gasteiger partial charge in [-0.2, -0.15) is 0 Å². The first-order chi connectivity index (χ1) is 27.0. The molecule has 0 amide bonds. The van der Waals surface area contributed by atoms with Crippen molar-refractivity contribution >= 4 is 28.5 Å². The van der Waals surface area contributed by atoms with E-state index in [0.29, 0.717) is 17.9 Å². The quantitative estimate of drug-likeness (QED) is 0.125. The van der Waals surface area contributed by atoms with Crippen LogP contribution in [0.15, 0.2) is 181 Å². The first-order valence-electron chi connectivity index (χ1n) is 18.7. The summed E-state index contributed by atoms with van der Waals surface area (Å²) in [6, 6.07) is 45.3. The molecule has 6 aromatic rings. The van der Waals surface area contributed by atoms with Crippen LogP contribution in [0.1, 0.15) is 41.5 Å². The van der Waals surface area contributed by atoms with E-state index in [1.165, 1.54) is 0 Å². The Morgan fingerprint density at radius 3 is 1.96 bits per heavy atom. The Balaban J connectivity index is 1.22. The molecule has 0 fully saturated rings. The van der Waals surface area contributed by atoms with Gasteiger partial charge in [0.05, 0.1) is 30.1 Å². The fourth-order valence-corrected chi connectivity index (χ4v) is 9.31. The average Bonchev–Trinajstić information content (AvgIpc) is 3.62. The lowest BCUT2D eigenvalue weighted by Crippen LogP contribution is -2.43. The molecule has 4 aliphatic rings. The summed E-state index contributed by atoms with van der Waals surface area (Å²) < 4.78 is 12.2. The van der Waals surface area contributed by atoms with Crippen molar-refractivity contribution in [3.63, 3.8) is 0 Å². The predicted molar refractivity (Wildman–Crippen MR) is 214 cm³/mol. The number of hydrogen-bond donors (Lipinski definition) is 1. The second-order valence-electron chi connectivity index (χ2n) is 14.7. The van der Waals surface area contributed by atoms with E-state index in [4.69, 9.17) is 14.5 Å². The van der Waals surface area contributed by atoms with E-state index < -0.39 is 10.8 Å². The largest absolute Gasteiger partial charge is 0.426 e. The first-order valence-corrected chi connectivity index (χ1v) is 18.7. The summed E-state index contributed by atoms with van der Waals surface area (Å²) in [4.78, 5) is 34.3. The summed E-state index contributed by atoms with van der Waals surface area (Å²) in [5, 5.41) is 4.82. The highest BCUT2D eigenvalue weighted by Gasteiger charge is 2.56. The Morgan fingerprint density at radius 1 is 0.636 bits per heavy atom. The molecule has 0 radical (unpaired) electrons. The Kier molecular flexibility index (Phi) is 7.73. The van der Waals surface area contributed by atoms with Gasteiger partial charge in [0.2, 0.25) is 0 Å². The molecular formula is C49H36N2O4. The molecule has 3 unspecified atom stereocenters. The molecular weight excluding hydrogens is 681 g/mol. The fourth-order valence-electron chi connectivity index (χ4n) is 9.31. The number of carbonyl (C=O) groups is 2. The summed E-state index contributed by atoms with van der Waals surface area (Å²) in [7, 11) is 0. The molecule has 55 heavy (non-hydrogen) atoms. The Hall–Kier alpha value is -6.79. The molecule has 3 aliphatic carbocycles. The van der Waals surface area contributed by atoms with Crippen molar-refractivity contribution < 1.29 is 19.1 Å².